The lowest BCUT2D eigenvalue weighted by Crippen LogP contribution is -2.40. The van der Waals surface area contributed by atoms with Crippen molar-refractivity contribution in [2.45, 2.75) is 49.2 Å². The fourth-order valence-corrected chi connectivity index (χ4v) is 5.53. The minimum atomic E-state index is -3.60. The number of oxime groups is 1. The van der Waals surface area contributed by atoms with Gasteiger partial charge in [0.25, 0.3) is 5.91 Å². The van der Waals surface area contributed by atoms with Gasteiger partial charge in [-0.05, 0) is 37.5 Å². The topological polar surface area (TPSA) is 97.3 Å². The first-order valence-corrected chi connectivity index (χ1v) is 11.0. The third-order valence-electron chi connectivity index (χ3n) is 5.52. The third-order valence-corrected chi connectivity index (χ3v) is 7.37. The van der Waals surface area contributed by atoms with Gasteiger partial charge in [0.05, 0.1) is 17.5 Å². The van der Waals surface area contributed by atoms with Crippen molar-refractivity contribution in [1.82, 2.24) is 9.62 Å². The van der Waals surface area contributed by atoms with E-state index < -0.39 is 15.6 Å². The number of amides is 1. The van der Waals surface area contributed by atoms with E-state index in [1.54, 1.807) is 18.2 Å². The summed E-state index contributed by atoms with van der Waals surface area (Å²) in [7, 11) is -3.60. The molecule has 1 amide bonds. The Morgan fingerprint density at radius 2 is 2.29 bits per heavy atom. The van der Waals surface area contributed by atoms with Crippen LogP contribution in [0.4, 0.5) is 0 Å². The van der Waals surface area contributed by atoms with Gasteiger partial charge in [-0.25, -0.2) is 8.42 Å². The molecule has 3 heterocycles. The van der Waals surface area contributed by atoms with Gasteiger partial charge >= 0.3 is 0 Å². The van der Waals surface area contributed by atoms with Crippen molar-refractivity contribution < 1.29 is 22.8 Å². The molecule has 0 bridgehead atoms. The van der Waals surface area contributed by atoms with Crippen LogP contribution in [0.1, 0.15) is 31.2 Å². The summed E-state index contributed by atoms with van der Waals surface area (Å²) >= 11 is 0. The summed E-state index contributed by atoms with van der Waals surface area (Å²) in [4.78, 5) is 18.2. The molecule has 2 atom stereocenters. The van der Waals surface area contributed by atoms with Gasteiger partial charge in [0.2, 0.25) is 10.0 Å². The number of hydrogen-bond acceptors (Lipinski definition) is 6. The number of rotatable bonds is 5. The van der Waals surface area contributed by atoms with E-state index in [0.29, 0.717) is 31.6 Å². The molecule has 3 aliphatic heterocycles. The SMILES string of the molecule is Cc1cccc(S(=O)(=O)N2CC[C@]3(CC(C(=O)NC[C@H]4CCCO4)=NO3)C2)c1. The second-order valence-corrected chi connectivity index (χ2v) is 9.68. The highest BCUT2D eigenvalue weighted by atomic mass is 32.2. The highest BCUT2D eigenvalue weighted by molar-refractivity contribution is 7.89. The summed E-state index contributed by atoms with van der Waals surface area (Å²) in [5, 5.41) is 6.80. The van der Waals surface area contributed by atoms with E-state index in [9.17, 15) is 13.2 Å². The van der Waals surface area contributed by atoms with Crippen LogP contribution < -0.4 is 5.32 Å². The smallest absolute Gasteiger partial charge is 0.269 e. The van der Waals surface area contributed by atoms with E-state index in [-0.39, 0.29) is 23.5 Å². The molecule has 152 valence electrons. The average molecular weight is 407 g/mol. The first-order chi connectivity index (χ1) is 13.4. The van der Waals surface area contributed by atoms with Crippen LogP contribution in [0.25, 0.3) is 0 Å². The highest BCUT2D eigenvalue weighted by Gasteiger charge is 2.49. The molecular weight excluding hydrogens is 382 g/mol. The Kier molecular flexibility index (Phi) is 5.15. The maximum Gasteiger partial charge on any atom is 0.269 e. The van der Waals surface area contributed by atoms with E-state index >= 15 is 0 Å². The second-order valence-electron chi connectivity index (χ2n) is 7.74. The molecular formula is C19H25N3O5S. The molecule has 3 aliphatic rings. The van der Waals surface area contributed by atoms with Gasteiger partial charge in [-0.3, -0.25) is 4.79 Å². The van der Waals surface area contributed by atoms with Crippen LogP contribution in [0.3, 0.4) is 0 Å². The Morgan fingerprint density at radius 3 is 3.04 bits per heavy atom. The van der Waals surface area contributed by atoms with Crippen molar-refractivity contribution in [2.75, 3.05) is 26.2 Å². The first-order valence-electron chi connectivity index (χ1n) is 9.60. The summed E-state index contributed by atoms with van der Waals surface area (Å²) in [5.74, 6) is -0.271. The molecule has 0 saturated carbocycles. The van der Waals surface area contributed by atoms with Crippen LogP contribution in [0, 0.1) is 6.92 Å². The van der Waals surface area contributed by atoms with Crippen LogP contribution in [0.15, 0.2) is 34.3 Å². The summed E-state index contributed by atoms with van der Waals surface area (Å²) < 4.78 is 32.8. The van der Waals surface area contributed by atoms with Crippen LogP contribution in [-0.2, 0) is 24.4 Å². The highest BCUT2D eigenvalue weighted by Crippen LogP contribution is 2.36. The number of benzene rings is 1. The molecule has 1 N–H and O–H groups in total. The van der Waals surface area contributed by atoms with Crippen LogP contribution in [0.5, 0.6) is 0 Å². The van der Waals surface area contributed by atoms with Gasteiger partial charge in [-0.2, -0.15) is 4.31 Å². The molecule has 0 unspecified atom stereocenters. The number of nitrogens with one attached hydrogen (secondary N) is 1. The number of hydrogen-bond donors (Lipinski definition) is 1. The molecule has 1 aromatic rings. The van der Waals surface area contributed by atoms with Crippen molar-refractivity contribution in [1.29, 1.82) is 0 Å². The molecule has 9 heteroatoms. The summed E-state index contributed by atoms with van der Waals surface area (Å²) in [5.41, 5.74) is 0.446. The minimum Gasteiger partial charge on any atom is -0.387 e. The van der Waals surface area contributed by atoms with Crippen molar-refractivity contribution in [2.24, 2.45) is 5.16 Å². The van der Waals surface area contributed by atoms with E-state index in [1.807, 2.05) is 13.0 Å². The zero-order valence-electron chi connectivity index (χ0n) is 15.9. The lowest BCUT2D eigenvalue weighted by Gasteiger charge is -2.21. The summed E-state index contributed by atoms with van der Waals surface area (Å²) in [6.45, 7) is 3.59. The Bertz CT molecular complexity index is 895. The summed E-state index contributed by atoms with van der Waals surface area (Å²) in [6, 6.07) is 6.86. The molecule has 2 saturated heterocycles. The third kappa shape index (κ3) is 3.78. The van der Waals surface area contributed by atoms with Gasteiger partial charge in [0.1, 0.15) is 5.71 Å². The normalized spacial score (nSPS) is 27.8. The zero-order chi connectivity index (χ0) is 19.8. The molecule has 0 aromatic heterocycles. The van der Waals surface area contributed by atoms with E-state index in [2.05, 4.69) is 10.5 Å². The fraction of sp³-hybridized carbons (Fsp3) is 0.579. The predicted molar refractivity (Wildman–Crippen MR) is 102 cm³/mol. The number of carbonyl (C=O) groups is 1. The van der Waals surface area contributed by atoms with Crippen LogP contribution >= 0.6 is 0 Å². The van der Waals surface area contributed by atoms with E-state index in [0.717, 1.165) is 25.0 Å². The number of carbonyl (C=O) groups excluding carboxylic acids is 1. The van der Waals surface area contributed by atoms with Gasteiger partial charge in [0.15, 0.2) is 5.60 Å². The maximum absolute atomic E-state index is 12.9. The van der Waals surface area contributed by atoms with Crippen molar-refractivity contribution >= 4 is 21.6 Å². The molecule has 4 rings (SSSR count). The lowest BCUT2D eigenvalue weighted by atomic mass is 9.96. The van der Waals surface area contributed by atoms with Gasteiger partial charge in [0, 0.05) is 32.5 Å². The predicted octanol–water partition coefficient (Wildman–Crippen LogP) is 1.20. The van der Waals surface area contributed by atoms with Gasteiger partial charge < -0.3 is 14.9 Å². The van der Waals surface area contributed by atoms with E-state index in [4.69, 9.17) is 9.57 Å². The molecule has 0 aliphatic carbocycles. The number of sulfonamides is 1. The molecule has 1 spiro atoms. The number of aryl methyl sites for hydroxylation is 1. The molecule has 28 heavy (non-hydrogen) atoms. The minimum absolute atomic E-state index is 0.0577. The maximum atomic E-state index is 12.9. The van der Waals surface area contributed by atoms with Crippen molar-refractivity contribution in [3.05, 3.63) is 29.8 Å². The zero-order valence-corrected chi connectivity index (χ0v) is 16.7. The molecule has 1 aromatic carbocycles. The monoisotopic (exact) mass is 407 g/mol. The van der Waals surface area contributed by atoms with Crippen molar-refractivity contribution in [3.8, 4) is 0 Å². The van der Waals surface area contributed by atoms with Gasteiger partial charge in [-0.1, -0.05) is 17.3 Å². The Hall–Kier alpha value is -1.97. The quantitative estimate of drug-likeness (QED) is 0.791. The standard InChI is InChI=1S/C19H25N3O5S/c1-14-4-2-6-16(10-14)28(24,25)22-8-7-19(13-22)11-17(21-27-19)18(23)20-12-15-5-3-9-26-15/h2,4,6,10,15H,3,5,7-9,11-13H2,1H3,(H,20,23)/t15-,19+/m1/s1. The van der Waals surface area contributed by atoms with Crippen LogP contribution in [-0.4, -0.2) is 62.3 Å². The van der Waals surface area contributed by atoms with Crippen LogP contribution in [0.2, 0.25) is 0 Å². The lowest BCUT2D eigenvalue weighted by molar-refractivity contribution is -0.115. The van der Waals surface area contributed by atoms with Crippen molar-refractivity contribution in [3.63, 3.8) is 0 Å². The fourth-order valence-electron chi connectivity index (χ4n) is 3.91. The summed E-state index contributed by atoms with van der Waals surface area (Å²) in [6.07, 6.45) is 2.83. The Balaban J connectivity index is 1.37. The molecule has 8 nitrogen and oxygen atoms in total. The number of ether oxygens (including phenoxy) is 1. The Morgan fingerprint density at radius 1 is 1.43 bits per heavy atom. The van der Waals surface area contributed by atoms with Gasteiger partial charge in [-0.15, -0.1) is 0 Å². The second kappa shape index (κ2) is 7.46. The molecule has 0 radical (unpaired) electrons. The van der Waals surface area contributed by atoms with E-state index in [1.165, 1.54) is 4.31 Å². The Labute approximate surface area is 164 Å². The first kappa shape index (κ1) is 19.4. The number of nitrogens with zero attached hydrogens (tertiary/aromatic N) is 2. The largest absolute Gasteiger partial charge is 0.387 e. The average Bonchev–Trinajstić information content (AvgIpc) is 3.42. The molecule has 2 fully saturated rings.